The van der Waals surface area contributed by atoms with Gasteiger partial charge in [0.1, 0.15) is 0 Å². The molecule has 1 aromatic rings. The summed E-state index contributed by atoms with van der Waals surface area (Å²) in [5.74, 6) is 1.70. The Bertz CT molecular complexity index is 665. The van der Waals surface area contributed by atoms with Crippen LogP contribution in [-0.4, -0.2) is 80.8 Å². The smallest absolute Gasteiger partial charge is 0.219 e. The summed E-state index contributed by atoms with van der Waals surface area (Å²) in [6, 6.07) is 11.4. The van der Waals surface area contributed by atoms with Crippen LogP contribution in [0.4, 0.5) is 0 Å². The predicted molar refractivity (Wildman–Crippen MR) is 124 cm³/mol. The Morgan fingerprint density at radius 1 is 1.10 bits per heavy atom. The fourth-order valence-corrected chi connectivity index (χ4v) is 5.51. The summed E-state index contributed by atoms with van der Waals surface area (Å²) in [5, 5.41) is 6.91. The molecule has 2 N–H and O–H groups in total. The maximum Gasteiger partial charge on any atom is 0.219 e. The quantitative estimate of drug-likeness (QED) is 0.559. The minimum Gasteiger partial charge on any atom is -0.379 e. The summed E-state index contributed by atoms with van der Waals surface area (Å²) in [4.78, 5) is 17.3. The number of nitrogens with zero attached hydrogens (tertiary/aromatic N) is 2. The molecule has 3 saturated heterocycles. The number of morpholine rings is 1. The van der Waals surface area contributed by atoms with Gasteiger partial charge in [-0.25, -0.2) is 0 Å². The third kappa shape index (κ3) is 7.28. The van der Waals surface area contributed by atoms with Crippen LogP contribution >= 0.6 is 0 Å². The standard InChI is InChI=1S/C25H40N4O2/c30-25(26-10-5-11-28-12-14-31-15-13-28)9-4-8-24-23-16-22(17-27-24)19-29(20-23)18-21-6-2-1-3-7-21/h1-3,6-7,22-24,27H,4-5,8-20H2,(H,26,30). The topological polar surface area (TPSA) is 56.8 Å². The highest BCUT2D eigenvalue weighted by Gasteiger charge is 2.36. The zero-order chi connectivity index (χ0) is 21.3. The lowest BCUT2D eigenvalue weighted by atomic mass is 9.79. The second-order valence-electron chi connectivity index (χ2n) is 9.61. The normalized spacial score (nSPS) is 27.2. The van der Waals surface area contributed by atoms with Crippen molar-refractivity contribution in [2.75, 3.05) is 59.0 Å². The summed E-state index contributed by atoms with van der Waals surface area (Å²) >= 11 is 0. The van der Waals surface area contributed by atoms with E-state index in [2.05, 4.69) is 50.8 Å². The van der Waals surface area contributed by atoms with E-state index >= 15 is 0 Å². The fraction of sp³-hybridized carbons (Fsp3) is 0.720. The number of likely N-dealkylation sites (tertiary alicyclic amines) is 1. The lowest BCUT2D eigenvalue weighted by molar-refractivity contribution is -0.121. The van der Waals surface area contributed by atoms with Crippen LogP contribution < -0.4 is 10.6 Å². The van der Waals surface area contributed by atoms with Gasteiger partial charge in [0.2, 0.25) is 5.91 Å². The molecule has 31 heavy (non-hydrogen) atoms. The van der Waals surface area contributed by atoms with E-state index in [0.717, 1.165) is 77.7 Å². The number of hydrogen-bond donors (Lipinski definition) is 2. The van der Waals surface area contributed by atoms with Crippen LogP contribution in [-0.2, 0) is 16.1 Å². The molecule has 0 aliphatic carbocycles. The number of amides is 1. The number of carbonyl (C=O) groups excluding carboxylic acids is 1. The van der Waals surface area contributed by atoms with Crippen molar-refractivity contribution in [3.8, 4) is 0 Å². The van der Waals surface area contributed by atoms with Gasteiger partial charge in [-0.2, -0.15) is 0 Å². The van der Waals surface area contributed by atoms with Gasteiger partial charge in [0.05, 0.1) is 13.2 Å². The van der Waals surface area contributed by atoms with E-state index in [1.807, 2.05) is 0 Å². The van der Waals surface area contributed by atoms with E-state index in [1.165, 1.54) is 25.1 Å². The molecule has 0 aromatic heterocycles. The molecule has 2 bridgehead atoms. The van der Waals surface area contributed by atoms with Gasteiger partial charge < -0.3 is 15.4 Å². The van der Waals surface area contributed by atoms with Gasteiger partial charge in [-0.3, -0.25) is 14.6 Å². The van der Waals surface area contributed by atoms with E-state index in [-0.39, 0.29) is 5.91 Å². The third-order valence-electron chi connectivity index (χ3n) is 7.13. The summed E-state index contributed by atoms with van der Waals surface area (Å²) in [7, 11) is 0. The molecule has 3 unspecified atom stereocenters. The molecule has 3 aliphatic heterocycles. The van der Waals surface area contributed by atoms with E-state index in [0.29, 0.717) is 18.4 Å². The van der Waals surface area contributed by atoms with Crippen LogP contribution in [0.15, 0.2) is 30.3 Å². The maximum absolute atomic E-state index is 12.2. The van der Waals surface area contributed by atoms with Crippen molar-refractivity contribution in [1.29, 1.82) is 0 Å². The third-order valence-corrected chi connectivity index (χ3v) is 7.13. The van der Waals surface area contributed by atoms with Crippen molar-refractivity contribution in [2.24, 2.45) is 11.8 Å². The van der Waals surface area contributed by atoms with Crippen molar-refractivity contribution in [2.45, 2.75) is 44.7 Å². The molecular formula is C25H40N4O2. The zero-order valence-electron chi connectivity index (χ0n) is 18.9. The second kappa shape index (κ2) is 12.0. The van der Waals surface area contributed by atoms with Crippen LogP contribution in [0.3, 0.4) is 0 Å². The van der Waals surface area contributed by atoms with E-state index in [1.54, 1.807) is 0 Å². The van der Waals surface area contributed by atoms with Gasteiger partial charge in [-0.1, -0.05) is 30.3 Å². The van der Waals surface area contributed by atoms with E-state index < -0.39 is 0 Å². The molecule has 4 rings (SSSR count). The van der Waals surface area contributed by atoms with Crippen molar-refractivity contribution >= 4 is 5.91 Å². The average Bonchev–Trinajstić information content (AvgIpc) is 2.80. The Hall–Kier alpha value is -1.47. The largest absolute Gasteiger partial charge is 0.379 e. The number of piperidine rings is 2. The number of fused-ring (bicyclic) bond motifs is 2. The van der Waals surface area contributed by atoms with Crippen LogP contribution in [0.25, 0.3) is 0 Å². The molecule has 3 heterocycles. The highest BCUT2D eigenvalue weighted by molar-refractivity contribution is 5.75. The van der Waals surface area contributed by atoms with Gasteiger partial charge in [0, 0.05) is 51.7 Å². The molecule has 3 aliphatic rings. The molecule has 0 saturated carbocycles. The van der Waals surface area contributed by atoms with Crippen LogP contribution in [0.1, 0.15) is 37.7 Å². The van der Waals surface area contributed by atoms with Crippen LogP contribution in [0, 0.1) is 11.8 Å². The molecule has 6 heteroatoms. The number of carbonyl (C=O) groups is 1. The zero-order valence-corrected chi connectivity index (χ0v) is 18.9. The molecule has 3 fully saturated rings. The second-order valence-corrected chi connectivity index (χ2v) is 9.61. The first-order valence-electron chi connectivity index (χ1n) is 12.3. The molecule has 1 aromatic carbocycles. The highest BCUT2D eigenvalue weighted by atomic mass is 16.5. The van der Waals surface area contributed by atoms with Gasteiger partial charge in [0.15, 0.2) is 0 Å². The first kappa shape index (κ1) is 22.7. The number of hydrogen-bond acceptors (Lipinski definition) is 5. The molecule has 3 atom stereocenters. The minimum atomic E-state index is 0.213. The summed E-state index contributed by atoms with van der Waals surface area (Å²) in [6.07, 6.45) is 5.11. The number of benzene rings is 1. The summed E-state index contributed by atoms with van der Waals surface area (Å²) in [6.45, 7) is 10.1. The fourth-order valence-electron chi connectivity index (χ4n) is 5.51. The van der Waals surface area contributed by atoms with Crippen LogP contribution in [0.5, 0.6) is 0 Å². The van der Waals surface area contributed by atoms with Gasteiger partial charge in [-0.05, 0) is 56.2 Å². The lowest BCUT2D eigenvalue weighted by Gasteiger charge is -2.46. The van der Waals surface area contributed by atoms with Crippen LogP contribution in [0.2, 0.25) is 0 Å². The maximum atomic E-state index is 12.2. The van der Waals surface area contributed by atoms with Crippen molar-refractivity contribution < 1.29 is 9.53 Å². The lowest BCUT2D eigenvalue weighted by Crippen LogP contribution is -2.55. The SMILES string of the molecule is O=C(CCCC1NCC2CC1CN(Cc1ccccc1)C2)NCCCN1CCOCC1. The summed E-state index contributed by atoms with van der Waals surface area (Å²) in [5.41, 5.74) is 1.41. The van der Waals surface area contributed by atoms with Crippen molar-refractivity contribution in [3.05, 3.63) is 35.9 Å². The van der Waals surface area contributed by atoms with Gasteiger partial charge in [0.25, 0.3) is 0 Å². The van der Waals surface area contributed by atoms with Crippen molar-refractivity contribution in [3.63, 3.8) is 0 Å². The Morgan fingerprint density at radius 2 is 1.94 bits per heavy atom. The van der Waals surface area contributed by atoms with E-state index in [4.69, 9.17) is 4.74 Å². The molecular weight excluding hydrogens is 388 g/mol. The Kier molecular flexibility index (Phi) is 8.76. The van der Waals surface area contributed by atoms with Crippen molar-refractivity contribution in [1.82, 2.24) is 20.4 Å². The number of nitrogens with one attached hydrogen (secondary N) is 2. The molecule has 0 spiro atoms. The Balaban J connectivity index is 1.11. The minimum absolute atomic E-state index is 0.213. The number of rotatable bonds is 10. The van der Waals surface area contributed by atoms with Gasteiger partial charge in [-0.15, -0.1) is 0 Å². The Morgan fingerprint density at radius 3 is 2.77 bits per heavy atom. The first-order chi connectivity index (χ1) is 15.3. The first-order valence-corrected chi connectivity index (χ1v) is 12.3. The molecule has 0 radical (unpaired) electrons. The molecule has 6 nitrogen and oxygen atoms in total. The molecule has 1 amide bonds. The average molecular weight is 429 g/mol. The predicted octanol–water partition coefficient (Wildman–Crippen LogP) is 2.11. The monoisotopic (exact) mass is 428 g/mol. The number of ether oxygens (including phenoxy) is 1. The summed E-state index contributed by atoms with van der Waals surface area (Å²) < 4.78 is 5.38. The van der Waals surface area contributed by atoms with E-state index in [9.17, 15) is 4.79 Å². The van der Waals surface area contributed by atoms with Gasteiger partial charge >= 0.3 is 0 Å². The molecule has 172 valence electrons. The Labute approximate surface area is 187 Å². The highest BCUT2D eigenvalue weighted by Crippen LogP contribution is 2.31.